The fourth-order valence-electron chi connectivity index (χ4n) is 2.88. The van der Waals surface area contributed by atoms with E-state index in [-0.39, 0.29) is 17.1 Å². The smallest absolute Gasteiger partial charge is 0.311 e. The zero-order valence-electron chi connectivity index (χ0n) is 15.2. The Hall–Kier alpha value is -4.07. The number of hydrogen-bond donors (Lipinski definition) is 1. The Balaban J connectivity index is 1.67. The number of phenolic OH excluding ortho intramolecular Hbond substituents is 1. The van der Waals surface area contributed by atoms with Crippen molar-refractivity contribution >= 4 is 28.7 Å². The van der Waals surface area contributed by atoms with E-state index in [1.165, 1.54) is 24.4 Å². The first kappa shape index (κ1) is 18.3. The normalized spacial score (nSPS) is 11.4. The van der Waals surface area contributed by atoms with Gasteiger partial charge in [-0.05, 0) is 61.0 Å². The molecule has 8 heteroatoms. The lowest BCUT2D eigenvalue weighted by atomic mass is 10.1. The van der Waals surface area contributed by atoms with Gasteiger partial charge in [0.2, 0.25) is 11.6 Å². The molecule has 0 saturated heterocycles. The molecule has 0 spiro atoms. The molecule has 0 unspecified atom stereocenters. The van der Waals surface area contributed by atoms with Crippen LogP contribution in [-0.2, 0) is 0 Å². The molecule has 1 aromatic heterocycles. The summed E-state index contributed by atoms with van der Waals surface area (Å²) in [6.07, 6.45) is 1.36. The number of hydrogen-bond acceptors (Lipinski definition) is 6. The molecule has 0 aliphatic heterocycles. The van der Waals surface area contributed by atoms with E-state index >= 15 is 0 Å². The number of aromatic nitrogens is 1. The number of aliphatic imine (C=N–C) groups is 1. The topological polar surface area (TPSA) is 102 Å². The van der Waals surface area contributed by atoms with E-state index in [9.17, 15) is 19.6 Å². The van der Waals surface area contributed by atoms with E-state index in [4.69, 9.17) is 4.42 Å². The Morgan fingerprint density at radius 2 is 1.93 bits per heavy atom. The molecule has 0 radical (unpaired) electrons. The minimum absolute atomic E-state index is 0.240. The molecule has 144 valence electrons. The van der Waals surface area contributed by atoms with Crippen LogP contribution in [-0.4, -0.2) is 21.2 Å². The molecular formula is C21H14FN3O4. The third kappa shape index (κ3) is 3.68. The first-order valence-electron chi connectivity index (χ1n) is 8.59. The maximum absolute atomic E-state index is 13.1. The summed E-state index contributed by atoms with van der Waals surface area (Å²) in [7, 11) is 0. The lowest BCUT2D eigenvalue weighted by Gasteiger charge is -2.02. The summed E-state index contributed by atoms with van der Waals surface area (Å²) in [5, 5.41) is 21.1. The first-order chi connectivity index (χ1) is 13.9. The number of aryl methyl sites for hydroxylation is 1. The van der Waals surface area contributed by atoms with Crippen LogP contribution in [0.5, 0.6) is 5.75 Å². The zero-order valence-corrected chi connectivity index (χ0v) is 15.2. The summed E-state index contributed by atoms with van der Waals surface area (Å²) in [6.45, 7) is 1.70. The summed E-state index contributed by atoms with van der Waals surface area (Å²) in [4.78, 5) is 19.1. The third-order valence-electron chi connectivity index (χ3n) is 4.28. The Labute approximate surface area is 163 Å². The molecule has 3 aromatic carbocycles. The molecule has 0 fully saturated rings. The van der Waals surface area contributed by atoms with Gasteiger partial charge in [-0.2, -0.15) is 0 Å². The van der Waals surface area contributed by atoms with Crippen LogP contribution in [0, 0.1) is 22.9 Å². The molecular weight excluding hydrogens is 377 g/mol. The van der Waals surface area contributed by atoms with Gasteiger partial charge in [-0.1, -0.05) is 0 Å². The second-order valence-electron chi connectivity index (χ2n) is 6.42. The van der Waals surface area contributed by atoms with E-state index in [0.29, 0.717) is 33.8 Å². The summed E-state index contributed by atoms with van der Waals surface area (Å²) in [5.74, 6) is -0.431. The van der Waals surface area contributed by atoms with Gasteiger partial charge in [-0.25, -0.2) is 9.37 Å². The first-order valence-corrected chi connectivity index (χ1v) is 8.59. The van der Waals surface area contributed by atoms with E-state index in [2.05, 4.69) is 9.98 Å². The Bertz CT molecular complexity index is 1260. The van der Waals surface area contributed by atoms with Crippen molar-refractivity contribution in [3.05, 3.63) is 81.7 Å². The molecule has 0 aliphatic rings. The average Bonchev–Trinajstić information content (AvgIpc) is 3.12. The van der Waals surface area contributed by atoms with Crippen molar-refractivity contribution in [3.8, 4) is 17.2 Å². The highest BCUT2D eigenvalue weighted by molar-refractivity contribution is 5.89. The van der Waals surface area contributed by atoms with E-state index in [0.717, 1.165) is 0 Å². The molecule has 7 nitrogen and oxygen atoms in total. The fraction of sp³-hybridized carbons (Fsp3) is 0.0476. The molecule has 4 aromatic rings. The highest BCUT2D eigenvalue weighted by Crippen LogP contribution is 2.31. The number of nitrogens with zero attached hydrogens (tertiary/aromatic N) is 3. The molecule has 0 saturated carbocycles. The number of nitro benzene ring substituents is 1. The van der Waals surface area contributed by atoms with Crippen molar-refractivity contribution in [2.24, 2.45) is 4.99 Å². The highest BCUT2D eigenvalue weighted by atomic mass is 19.1. The van der Waals surface area contributed by atoms with Gasteiger partial charge in [0, 0.05) is 23.4 Å². The summed E-state index contributed by atoms with van der Waals surface area (Å²) >= 11 is 0. The van der Waals surface area contributed by atoms with Crippen LogP contribution in [0.4, 0.5) is 15.8 Å². The molecule has 0 bridgehead atoms. The van der Waals surface area contributed by atoms with E-state index in [1.807, 2.05) is 0 Å². The van der Waals surface area contributed by atoms with Crippen LogP contribution in [0.25, 0.3) is 22.6 Å². The van der Waals surface area contributed by atoms with Gasteiger partial charge in [0.05, 0.1) is 10.6 Å². The standard InChI is InChI=1S/C21H14FN3O4/c1-12-8-14(20(26)18(9-12)25(27)28)11-23-16-6-7-19-17(10-16)24-21(29-19)13-2-4-15(22)5-3-13/h2-11,26H,1H3. The Kier molecular flexibility index (Phi) is 4.52. The predicted molar refractivity (Wildman–Crippen MR) is 106 cm³/mol. The van der Waals surface area contributed by atoms with E-state index < -0.39 is 10.7 Å². The second kappa shape index (κ2) is 7.16. The SMILES string of the molecule is Cc1cc(C=Nc2ccc3oc(-c4ccc(F)cc4)nc3c2)c(O)c([N+](=O)[O-])c1. The molecule has 29 heavy (non-hydrogen) atoms. The molecule has 1 heterocycles. The third-order valence-corrected chi connectivity index (χ3v) is 4.28. The van der Waals surface area contributed by atoms with Gasteiger partial charge in [0.15, 0.2) is 5.58 Å². The molecule has 4 rings (SSSR count). The van der Waals surface area contributed by atoms with Crippen LogP contribution >= 0.6 is 0 Å². The minimum Gasteiger partial charge on any atom is -0.502 e. The number of aromatic hydroxyl groups is 1. The number of halogens is 1. The van der Waals surface area contributed by atoms with Gasteiger partial charge < -0.3 is 9.52 Å². The van der Waals surface area contributed by atoms with Gasteiger partial charge in [-0.15, -0.1) is 0 Å². The van der Waals surface area contributed by atoms with Gasteiger partial charge >= 0.3 is 5.69 Å². The predicted octanol–water partition coefficient (Wildman–Crippen LogP) is 5.31. The largest absolute Gasteiger partial charge is 0.502 e. The summed E-state index contributed by atoms with van der Waals surface area (Å²) in [5.41, 5.74) is 2.76. The minimum atomic E-state index is -0.641. The van der Waals surface area contributed by atoms with Crippen LogP contribution in [0.3, 0.4) is 0 Å². The number of nitro groups is 1. The average molecular weight is 391 g/mol. The number of fused-ring (bicyclic) bond motifs is 1. The Morgan fingerprint density at radius 3 is 2.66 bits per heavy atom. The molecule has 0 amide bonds. The lowest BCUT2D eigenvalue weighted by molar-refractivity contribution is -0.385. The highest BCUT2D eigenvalue weighted by Gasteiger charge is 2.17. The number of rotatable bonds is 4. The number of phenols is 1. The van der Waals surface area contributed by atoms with Crippen molar-refractivity contribution in [2.75, 3.05) is 0 Å². The van der Waals surface area contributed by atoms with Crippen molar-refractivity contribution in [1.82, 2.24) is 4.98 Å². The quantitative estimate of drug-likeness (QED) is 0.289. The van der Waals surface area contributed by atoms with Crippen molar-refractivity contribution in [1.29, 1.82) is 0 Å². The molecule has 1 N–H and O–H groups in total. The lowest BCUT2D eigenvalue weighted by Crippen LogP contribution is -1.93. The summed E-state index contributed by atoms with van der Waals surface area (Å²) in [6, 6.07) is 13.8. The van der Waals surface area contributed by atoms with Crippen molar-refractivity contribution in [3.63, 3.8) is 0 Å². The molecule has 0 aliphatic carbocycles. The van der Waals surface area contributed by atoms with Crippen LogP contribution in [0.15, 0.2) is 64.0 Å². The van der Waals surface area contributed by atoms with Crippen LogP contribution in [0.1, 0.15) is 11.1 Å². The van der Waals surface area contributed by atoms with Crippen LogP contribution < -0.4 is 0 Å². The van der Waals surface area contributed by atoms with E-state index in [1.54, 1.807) is 43.3 Å². The van der Waals surface area contributed by atoms with Gasteiger partial charge in [0.1, 0.15) is 11.3 Å². The van der Waals surface area contributed by atoms with Crippen molar-refractivity contribution in [2.45, 2.75) is 6.92 Å². The maximum Gasteiger partial charge on any atom is 0.311 e. The van der Waals surface area contributed by atoms with Crippen molar-refractivity contribution < 1.29 is 18.8 Å². The second-order valence-corrected chi connectivity index (χ2v) is 6.42. The monoisotopic (exact) mass is 391 g/mol. The molecule has 0 atom stereocenters. The Morgan fingerprint density at radius 1 is 1.17 bits per heavy atom. The van der Waals surface area contributed by atoms with Gasteiger partial charge in [-0.3, -0.25) is 15.1 Å². The zero-order chi connectivity index (χ0) is 20.5. The summed E-state index contributed by atoms with van der Waals surface area (Å²) < 4.78 is 18.8. The van der Waals surface area contributed by atoms with Gasteiger partial charge in [0.25, 0.3) is 0 Å². The fourth-order valence-corrected chi connectivity index (χ4v) is 2.88. The maximum atomic E-state index is 13.1. The number of oxazole rings is 1. The van der Waals surface area contributed by atoms with Crippen LogP contribution in [0.2, 0.25) is 0 Å². The number of benzene rings is 3.